The summed E-state index contributed by atoms with van der Waals surface area (Å²) >= 11 is 0. The van der Waals surface area contributed by atoms with Gasteiger partial charge < -0.3 is 15.6 Å². The molecular formula is C18H22N6O. The lowest BCUT2D eigenvalue weighted by molar-refractivity contribution is 0.102. The summed E-state index contributed by atoms with van der Waals surface area (Å²) in [6.45, 7) is 3.75. The normalized spacial score (nSPS) is 13.8. The number of aromatic amines is 2. The molecule has 25 heavy (non-hydrogen) atoms. The molecule has 1 amide bonds. The fraction of sp³-hybridized carbons (Fsp3) is 0.389. The number of H-pyrrole nitrogens is 2. The Hall–Kier alpha value is -2.67. The quantitative estimate of drug-likeness (QED) is 0.574. The van der Waals surface area contributed by atoms with Gasteiger partial charge in [0.2, 0.25) is 0 Å². The van der Waals surface area contributed by atoms with Gasteiger partial charge >= 0.3 is 0 Å². The first-order chi connectivity index (χ1) is 12.2. The molecular weight excluding hydrogens is 316 g/mol. The highest BCUT2D eigenvalue weighted by Crippen LogP contribution is 2.20. The summed E-state index contributed by atoms with van der Waals surface area (Å²) in [5.41, 5.74) is 5.08. The second-order valence-electron chi connectivity index (χ2n) is 6.43. The van der Waals surface area contributed by atoms with E-state index in [0.717, 1.165) is 66.0 Å². The van der Waals surface area contributed by atoms with Crippen LogP contribution in [0, 0.1) is 0 Å². The van der Waals surface area contributed by atoms with E-state index in [2.05, 4.69) is 37.7 Å². The molecule has 0 atom stereocenters. The van der Waals surface area contributed by atoms with Crippen LogP contribution in [0.1, 0.15) is 47.3 Å². The fourth-order valence-electron chi connectivity index (χ4n) is 3.21. The minimum atomic E-state index is -0.189. The summed E-state index contributed by atoms with van der Waals surface area (Å²) in [4.78, 5) is 20.5. The van der Waals surface area contributed by atoms with Gasteiger partial charge in [0.05, 0.1) is 11.0 Å². The van der Waals surface area contributed by atoms with E-state index < -0.39 is 0 Å². The molecule has 130 valence electrons. The number of aryl methyl sites for hydroxylation is 1. The summed E-state index contributed by atoms with van der Waals surface area (Å²) in [7, 11) is 0. The van der Waals surface area contributed by atoms with Gasteiger partial charge in [0.25, 0.3) is 5.91 Å². The third kappa shape index (κ3) is 3.15. The van der Waals surface area contributed by atoms with Crippen LogP contribution in [-0.2, 0) is 19.4 Å². The summed E-state index contributed by atoms with van der Waals surface area (Å²) in [6.07, 6.45) is 4.07. The number of rotatable bonds is 5. The molecule has 1 aliphatic heterocycles. The molecule has 0 saturated heterocycles. The van der Waals surface area contributed by atoms with Gasteiger partial charge in [-0.3, -0.25) is 9.89 Å². The molecule has 0 bridgehead atoms. The predicted octanol–water partition coefficient (Wildman–Crippen LogP) is 2.53. The number of nitrogens with one attached hydrogen (secondary N) is 4. The average Bonchev–Trinajstić information content (AvgIpc) is 3.23. The van der Waals surface area contributed by atoms with Crippen LogP contribution in [0.2, 0.25) is 0 Å². The minimum Gasteiger partial charge on any atom is -0.342 e. The molecule has 3 heterocycles. The first-order valence-corrected chi connectivity index (χ1v) is 8.81. The molecule has 1 aromatic carbocycles. The Kier molecular flexibility index (Phi) is 4.23. The standard InChI is InChI=1S/C18H22N6O/c1-2-3-4-16-21-14-6-5-11(9-15(14)22-16)20-18(25)17-12-10-19-8-7-13(12)23-24-17/h5-6,9,19H,2-4,7-8,10H2,1H3,(H,20,25)(H,21,22)(H,23,24). The Labute approximate surface area is 145 Å². The van der Waals surface area contributed by atoms with E-state index in [4.69, 9.17) is 0 Å². The lowest BCUT2D eigenvalue weighted by Crippen LogP contribution is -2.25. The zero-order chi connectivity index (χ0) is 17.2. The molecule has 0 saturated carbocycles. The summed E-state index contributed by atoms with van der Waals surface area (Å²) < 4.78 is 0. The first-order valence-electron chi connectivity index (χ1n) is 8.81. The highest BCUT2D eigenvalue weighted by atomic mass is 16.1. The van der Waals surface area contributed by atoms with Crippen molar-refractivity contribution in [2.45, 2.75) is 39.2 Å². The highest BCUT2D eigenvalue weighted by molar-refractivity contribution is 6.04. The fourth-order valence-corrected chi connectivity index (χ4v) is 3.21. The van der Waals surface area contributed by atoms with Crippen LogP contribution in [0.3, 0.4) is 0 Å². The maximum Gasteiger partial charge on any atom is 0.276 e. The van der Waals surface area contributed by atoms with E-state index >= 15 is 0 Å². The number of aromatic nitrogens is 4. The van der Waals surface area contributed by atoms with Crippen molar-refractivity contribution in [2.75, 3.05) is 11.9 Å². The Morgan fingerprint density at radius 1 is 1.36 bits per heavy atom. The predicted molar refractivity (Wildman–Crippen MR) is 96.7 cm³/mol. The van der Waals surface area contributed by atoms with E-state index in [1.54, 1.807) is 0 Å². The van der Waals surface area contributed by atoms with Gasteiger partial charge in [0.1, 0.15) is 5.82 Å². The topological polar surface area (TPSA) is 98.5 Å². The van der Waals surface area contributed by atoms with Crippen molar-refractivity contribution in [2.24, 2.45) is 0 Å². The van der Waals surface area contributed by atoms with Gasteiger partial charge in [-0.15, -0.1) is 0 Å². The van der Waals surface area contributed by atoms with Crippen LogP contribution in [-0.4, -0.2) is 32.6 Å². The Balaban J connectivity index is 1.53. The van der Waals surface area contributed by atoms with Crippen LogP contribution in [0.5, 0.6) is 0 Å². The number of anilines is 1. The van der Waals surface area contributed by atoms with Gasteiger partial charge in [0, 0.05) is 42.9 Å². The number of hydrogen-bond donors (Lipinski definition) is 4. The zero-order valence-electron chi connectivity index (χ0n) is 14.3. The first kappa shape index (κ1) is 15.8. The molecule has 1 aliphatic rings. The summed E-state index contributed by atoms with van der Waals surface area (Å²) in [6, 6.07) is 5.73. The summed E-state index contributed by atoms with van der Waals surface area (Å²) in [5.74, 6) is 0.805. The van der Waals surface area contributed by atoms with Crippen LogP contribution in [0.4, 0.5) is 5.69 Å². The molecule has 0 aliphatic carbocycles. The molecule has 2 aromatic heterocycles. The number of benzene rings is 1. The van der Waals surface area contributed by atoms with Gasteiger partial charge in [0.15, 0.2) is 5.69 Å². The van der Waals surface area contributed by atoms with Crippen molar-refractivity contribution in [1.29, 1.82) is 0 Å². The second kappa shape index (κ2) is 6.68. The largest absolute Gasteiger partial charge is 0.342 e. The van der Waals surface area contributed by atoms with Gasteiger partial charge in [-0.1, -0.05) is 13.3 Å². The maximum atomic E-state index is 12.6. The van der Waals surface area contributed by atoms with E-state index in [1.807, 2.05) is 18.2 Å². The average molecular weight is 338 g/mol. The molecule has 0 fully saturated rings. The number of imidazole rings is 1. The minimum absolute atomic E-state index is 0.189. The van der Waals surface area contributed by atoms with Crippen molar-refractivity contribution in [1.82, 2.24) is 25.5 Å². The van der Waals surface area contributed by atoms with E-state index in [9.17, 15) is 4.79 Å². The van der Waals surface area contributed by atoms with Crippen LogP contribution < -0.4 is 10.6 Å². The molecule has 0 radical (unpaired) electrons. The van der Waals surface area contributed by atoms with Gasteiger partial charge in [-0.05, 0) is 24.6 Å². The lowest BCUT2D eigenvalue weighted by atomic mass is 10.1. The number of unbranched alkanes of at least 4 members (excludes halogenated alkanes) is 1. The van der Waals surface area contributed by atoms with E-state index in [1.165, 1.54) is 0 Å². The number of carbonyl (C=O) groups is 1. The molecule has 7 nitrogen and oxygen atoms in total. The van der Waals surface area contributed by atoms with Crippen molar-refractivity contribution in [3.8, 4) is 0 Å². The Morgan fingerprint density at radius 2 is 2.28 bits per heavy atom. The van der Waals surface area contributed by atoms with E-state index in [-0.39, 0.29) is 5.91 Å². The number of fused-ring (bicyclic) bond motifs is 2. The Bertz CT molecular complexity index is 910. The number of amides is 1. The van der Waals surface area contributed by atoms with Crippen molar-refractivity contribution in [3.05, 3.63) is 41.0 Å². The van der Waals surface area contributed by atoms with Crippen LogP contribution in [0.25, 0.3) is 11.0 Å². The number of nitrogens with zero attached hydrogens (tertiary/aromatic N) is 2. The monoisotopic (exact) mass is 338 g/mol. The van der Waals surface area contributed by atoms with Gasteiger partial charge in [-0.2, -0.15) is 5.10 Å². The van der Waals surface area contributed by atoms with Crippen molar-refractivity contribution >= 4 is 22.6 Å². The maximum absolute atomic E-state index is 12.6. The highest BCUT2D eigenvalue weighted by Gasteiger charge is 2.21. The Morgan fingerprint density at radius 3 is 3.16 bits per heavy atom. The van der Waals surface area contributed by atoms with Crippen LogP contribution in [0.15, 0.2) is 18.2 Å². The zero-order valence-corrected chi connectivity index (χ0v) is 14.3. The molecule has 3 aromatic rings. The van der Waals surface area contributed by atoms with E-state index in [0.29, 0.717) is 12.2 Å². The lowest BCUT2D eigenvalue weighted by Gasteiger charge is -2.12. The summed E-state index contributed by atoms with van der Waals surface area (Å²) in [5, 5.41) is 13.4. The molecule has 0 unspecified atom stereocenters. The molecule has 0 spiro atoms. The van der Waals surface area contributed by atoms with Crippen molar-refractivity contribution < 1.29 is 4.79 Å². The number of hydrogen-bond acceptors (Lipinski definition) is 4. The number of carbonyl (C=O) groups excluding carboxylic acids is 1. The van der Waals surface area contributed by atoms with Crippen LogP contribution >= 0.6 is 0 Å². The smallest absolute Gasteiger partial charge is 0.276 e. The molecule has 4 N–H and O–H groups in total. The third-order valence-corrected chi connectivity index (χ3v) is 4.58. The molecule has 4 rings (SSSR count). The molecule has 7 heteroatoms. The van der Waals surface area contributed by atoms with Gasteiger partial charge in [-0.25, -0.2) is 4.98 Å². The SMILES string of the molecule is CCCCc1nc2ccc(NC(=O)c3n[nH]c4c3CNCC4)cc2[nH]1. The third-order valence-electron chi connectivity index (χ3n) is 4.58. The van der Waals surface area contributed by atoms with Crippen molar-refractivity contribution in [3.63, 3.8) is 0 Å². The second-order valence-corrected chi connectivity index (χ2v) is 6.43.